The van der Waals surface area contributed by atoms with Gasteiger partial charge in [-0.25, -0.2) is 0 Å². The molecule has 0 saturated carbocycles. The summed E-state index contributed by atoms with van der Waals surface area (Å²) in [6, 6.07) is 14.0. The summed E-state index contributed by atoms with van der Waals surface area (Å²) < 4.78 is 5.32. The number of rotatable bonds is 5. The van der Waals surface area contributed by atoms with Gasteiger partial charge in [0, 0.05) is 12.2 Å². The topological polar surface area (TPSA) is 84.7 Å². The molecule has 0 radical (unpaired) electrons. The smallest absolute Gasteiger partial charge is 0.249 e. The molecule has 1 saturated heterocycles. The van der Waals surface area contributed by atoms with Crippen LogP contribution < -0.4 is 20.7 Å². The Morgan fingerprint density at radius 3 is 2.62 bits per heavy atom. The van der Waals surface area contributed by atoms with Crippen LogP contribution in [0.4, 0.5) is 11.4 Å². The zero-order valence-corrected chi connectivity index (χ0v) is 15.3. The van der Waals surface area contributed by atoms with E-state index in [4.69, 9.17) is 10.5 Å². The monoisotopic (exact) mass is 375 g/mol. The number of ether oxygens (including phenoxy) is 1. The number of carbonyl (C=O) groups excluding carboxylic acids is 2. The molecule has 7 heteroatoms. The van der Waals surface area contributed by atoms with Crippen LogP contribution in [-0.4, -0.2) is 31.5 Å². The van der Waals surface area contributed by atoms with Crippen molar-refractivity contribution in [3.05, 3.63) is 54.1 Å². The first kappa shape index (κ1) is 19.6. The van der Waals surface area contributed by atoms with E-state index in [1.54, 1.807) is 24.1 Å². The van der Waals surface area contributed by atoms with E-state index in [9.17, 15) is 9.59 Å². The number of nitrogens with one attached hydrogen (secondary N) is 1. The van der Waals surface area contributed by atoms with Crippen LogP contribution >= 0.6 is 12.4 Å². The molecule has 0 spiro atoms. The molecule has 0 bridgehead atoms. The number of methoxy groups -OCH3 is 1. The minimum Gasteiger partial charge on any atom is -0.495 e. The Kier molecular flexibility index (Phi) is 6.46. The van der Waals surface area contributed by atoms with Crippen molar-refractivity contribution in [2.45, 2.75) is 18.9 Å². The molecular formula is C19H22ClN3O3. The SMILES string of the molecule is COc1ccccc1N1CCC(NC(=O)Cc2ccc(N)cc2)C1=O.Cl. The molecule has 26 heavy (non-hydrogen) atoms. The van der Waals surface area contributed by atoms with Crippen LogP contribution in [0.1, 0.15) is 12.0 Å². The van der Waals surface area contributed by atoms with Gasteiger partial charge in [-0.2, -0.15) is 0 Å². The fourth-order valence-electron chi connectivity index (χ4n) is 2.97. The van der Waals surface area contributed by atoms with Gasteiger partial charge < -0.3 is 20.7 Å². The highest BCUT2D eigenvalue weighted by Gasteiger charge is 2.34. The molecule has 1 aliphatic heterocycles. The number of halogens is 1. The molecule has 1 aliphatic rings. The lowest BCUT2D eigenvalue weighted by Crippen LogP contribution is -2.42. The second kappa shape index (κ2) is 8.58. The van der Waals surface area contributed by atoms with Gasteiger partial charge in [0.15, 0.2) is 0 Å². The Hall–Kier alpha value is -2.73. The number of nitrogens with two attached hydrogens (primary N) is 1. The highest BCUT2D eigenvalue weighted by Crippen LogP contribution is 2.31. The lowest BCUT2D eigenvalue weighted by molar-refractivity contribution is -0.126. The van der Waals surface area contributed by atoms with Crippen molar-refractivity contribution in [3.63, 3.8) is 0 Å². The standard InChI is InChI=1S/C19H21N3O3.ClH/c1-25-17-5-3-2-4-16(17)22-11-10-15(19(22)24)21-18(23)12-13-6-8-14(20)9-7-13;/h2-9,15H,10-12,20H2,1H3,(H,21,23);1H. The summed E-state index contributed by atoms with van der Waals surface area (Å²) in [6.07, 6.45) is 0.795. The number of amides is 2. The Bertz CT molecular complexity index is 780. The summed E-state index contributed by atoms with van der Waals surface area (Å²) in [5, 5.41) is 2.83. The summed E-state index contributed by atoms with van der Waals surface area (Å²) in [5.74, 6) is 0.352. The van der Waals surface area contributed by atoms with Crippen LogP contribution in [-0.2, 0) is 16.0 Å². The van der Waals surface area contributed by atoms with Crippen LogP contribution in [0.25, 0.3) is 0 Å². The van der Waals surface area contributed by atoms with Crippen LogP contribution in [0.3, 0.4) is 0 Å². The summed E-state index contributed by atoms with van der Waals surface area (Å²) in [7, 11) is 1.57. The fourth-order valence-corrected chi connectivity index (χ4v) is 2.97. The predicted octanol–water partition coefficient (Wildman–Crippen LogP) is 2.16. The first-order valence-electron chi connectivity index (χ1n) is 8.16. The Morgan fingerprint density at radius 2 is 1.92 bits per heavy atom. The maximum Gasteiger partial charge on any atom is 0.249 e. The summed E-state index contributed by atoms with van der Waals surface area (Å²) in [5.41, 5.74) is 7.88. The van der Waals surface area contributed by atoms with Crippen molar-refractivity contribution in [2.24, 2.45) is 0 Å². The lowest BCUT2D eigenvalue weighted by atomic mass is 10.1. The molecule has 3 N–H and O–H groups in total. The lowest BCUT2D eigenvalue weighted by Gasteiger charge is -2.19. The average molecular weight is 376 g/mol. The van der Waals surface area contributed by atoms with Gasteiger partial charge >= 0.3 is 0 Å². The first-order chi connectivity index (χ1) is 12.1. The summed E-state index contributed by atoms with van der Waals surface area (Å²) in [6.45, 7) is 0.548. The van der Waals surface area contributed by atoms with Crippen LogP contribution in [0.5, 0.6) is 5.75 Å². The molecule has 2 aromatic rings. The van der Waals surface area contributed by atoms with E-state index in [1.165, 1.54) is 0 Å². The van der Waals surface area contributed by atoms with E-state index >= 15 is 0 Å². The van der Waals surface area contributed by atoms with Gasteiger partial charge in [0.25, 0.3) is 0 Å². The Morgan fingerprint density at radius 1 is 1.23 bits per heavy atom. The van der Waals surface area contributed by atoms with Crippen molar-refractivity contribution < 1.29 is 14.3 Å². The Balaban J connectivity index is 0.00000243. The second-order valence-electron chi connectivity index (χ2n) is 5.99. The van der Waals surface area contributed by atoms with Gasteiger partial charge in [-0.15, -0.1) is 12.4 Å². The molecule has 1 unspecified atom stereocenters. The predicted molar refractivity (Wildman–Crippen MR) is 104 cm³/mol. The molecule has 1 heterocycles. The van der Waals surface area contributed by atoms with Gasteiger partial charge in [-0.3, -0.25) is 9.59 Å². The first-order valence-corrected chi connectivity index (χ1v) is 8.16. The number of para-hydroxylation sites is 2. The largest absolute Gasteiger partial charge is 0.495 e. The number of nitrogen functional groups attached to an aromatic ring is 1. The molecule has 3 rings (SSSR count). The number of nitrogens with zero attached hydrogens (tertiary/aromatic N) is 1. The second-order valence-corrected chi connectivity index (χ2v) is 5.99. The third kappa shape index (κ3) is 4.26. The van der Waals surface area contributed by atoms with E-state index in [2.05, 4.69) is 5.32 Å². The quantitative estimate of drug-likeness (QED) is 0.784. The van der Waals surface area contributed by atoms with E-state index < -0.39 is 6.04 Å². The zero-order valence-electron chi connectivity index (χ0n) is 14.5. The number of hydrogen-bond acceptors (Lipinski definition) is 4. The van der Waals surface area contributed by atoms with Crippen molar-refractivity contribution in [1.82, 2.24) is 5.32 Å². The van der Waals surface area contributed by atoms with Crippen molar-refractivity contribution >= 4 is 35.6 Å². The molecule has 138 valence electrons. The van der Waals surface area contributed by atoms with E-state index in [0.717, 1.165) is 11.3 Å². The van der Waals surface area contributed by atoms with Crippen LogP contribution in [0, 0.1) is 0 Å². The van der Waals surface area contributed by atoms with E-state index in [1.807, 2.05) is 36.4 Å². The number of anilines is 2. The molecule has 1 fully saturated rings. The van der Waals surface area contributed by atoms with Gasteiger partial charge in [0.2, 0.25) is 11.8 Å². The number of hydrogen-bond donors (Lipinski definition) is 2. The van der Waals surface area contributed by atoms with Crippen molar-refractivity contribution in [3.8, 4) is 5.75 Å². The van der Waals surface area contributed by atoms with Gasteiger partial charge in [-0.05, 0) is 36.2 Å². The summed E-state index contributed by atoms with van der Waals surface area (Å²) >= 11 is 0. The zero-order chi connectivity index (χ0) is 17.8. The average Bonchev–Trinajstić information content (AvgIpc) is 2.97. The Labute approximate surface area is 158 Å². The summed E-state index contributed by atoms with van der Waals surface area (Å²) in [4.78, 5) is 26.5. The van der Waals surface area contributed by atoms with Crippen LogP contribution in [0.15, 0.2) is 48.5 Å². The number of carbonyl (C=O) groups is 2. The normalized spacial score (nSPS) is 16.1. The minimum atomic E-state index is -0.508. The van der Waals surface area contributed by atoms with Gasteiger partial charge in [0.05, 0.1) is 19.2 Å². The third-order valence-electron chi connectivity index (χ3n) is 4.26. The highest BCUT2D eigenvalue weighted by atomic mass is 35.5. The third-order valence-corrected chi connectivity index (χ3v) is 4.26. The van der Waals surface area contributed by atoms with Gasteiger partial charge in [0.1, 0.15) is 11.8 Å². The maximum atomic E-state index is 12.6. The van der Waals surface area contributed by atoms with Crippen molar-refractivity contribution in [1.29, 1.82) is 0 Å². The minimum absolute atomic E-state index is 0. The number of benzene rings is 2. The van der Waals surface area contributed by atoms with Gasteiger partial charge in [-0.1, -0.05) is 24.3 Å². The van der Waals surface area contributed by atoms with E-state index in [0.29, 0.717) is 24.4 Å². The molecule has 2 aromatic carbocycles. The molecule has 6 nitrogen and oxygen atoms in total. The molecule has 0 aromatic heterocycles. The molecule has 0 aliphatic carbocycles. The molecule has 1 atom stereocenters. The van der Waals surface area contributed by atoms with E-state index in [-0.39, 0.29) is 30.6 Å². The molecule has 2 amide bonds. The maximum absolute atomic E-state index is 12.6. The fraction of sp³-hybridized carbons (Fsp3) is 0.263. The van der Waals surface area contributed by atoms with Crippen LogP contribution in [0.2, 0.25) is 0 Å². The van der Waals surface area contributed by atoms with Crippen molar-refractivity contribution in [2.75, 3.05) is 24.3 Å². The molecular weight excluding hydrogens is 354 g/mol. The highest BCUT2D eigenvalue weighted by molar-refractivity contribution is 6.02.